The van der Waals surface area contributed by atoms with Crippen molar-refractivity contribution in [1.82, 2.24) is 4.90 Å². The number of hydrogen-bond acceptors (Lipinski definition) is 6. The van der Waals surface area contributed by atoms with Crippen LogP contribution in [0.2, 0.25) is 0 Å². The van der Waals surface area contributed by atoms with E-state index in [1.54, 1.807) is 13.4 Å². The Kier molecular flexibility index (Phi) is 4.13. The summed E-state index contributed by atoms with van der Waals surface area (Å²) in [5, 5.41) is 3.09. The Morgan fingerprint density at radius 3 is 2.93 bits per heavy atom. The van der Waals surface area contributed by atoms with Crippen molar-refractivity contribution in [2.45, 2.75) is 37.3 Å². The highest BCUT2D eigenvalue weighted by Crippen LogP contribution is 2.54. The van der Waals surface area contributed by atoms with E-state index in [1.807, 2.05) is 18.2 Å². The molecule has 1 spiro atoms. The van der Waals surface area contributed by atoms with Crippen LogP contribution in [0.3, 0.4) is 0 Å². The molecule has 1 N–H and O–H groups in total. The van der Waals surface area contributed by atoms with Gasteiger partial charge in [0.25, 0.3) is 0 Å². The van der Waals surface area contributed by atoms with Gasteiger partial charge in [-0.25, -0.2) is 4.79 Å². The maximum Gasteiger partial charge on any atom is 0.337 e. The SMILES string of the molecule is COC(=O)C1=COC(C)[C@@H]2CN3CC[C@@]4(C(=O)Nc5cc(OC)ccc54)[C@@H]3C[C@H]12. The lowest BCUT2D eigenvalue weighted by Gasteiger charge is -2.48. The molecule has 4 aliphatic heterocycles. The number of carbonyl (C=O) groups is 2. The first-order valence-electron chi connectivity index (χ1n) is 10.2. The molecule has 4 heterocycles. The number of nitrogens with zero attached hydrogens (tertiary/aromatic N) is 1. The zero-order valence-electron chi connectivity index (χ0n) is 16.9. The molecule has 5 atom stereocenters. The highest BCUT2D eigenvalue weighted by atomic mass is 16.5. The molecule has 0 saturated carbocycles. The van der Waals surface area contributed by atoms with Gasteiger partial charge in [0.1, 0.15) is 5.75 Å². The van der Waals surface area contributed by atoms with Gasteiger partial charge in [0.15, 0.2) is 0 Å². The number of nitrogens with one attached hydrogen (secondary N) is 1. The molecule has 4 aliphatic rings. The third kappa shape index (κ3) is 2.46. The molecule has 1 aromatic carbocycles. The highest BCUT2D eigenvalue weighted by molar-refractivity contribution is 6.07. The average molecular weight is 398 g/mol. The van der Waals surface area contributed by atoms with E-state index in [2.05, 4.69) is 17.1 Å². The number of esters is 1. The van der Waals surface area contributed by atoms with Crippen molar-refractivity contribution in [2.75, 3.05) is 32.6 Å². The Labute approximate surface area is 170 Å². The van der Waals surface area contributed by atoms with Crippen LogP contribution in [0, 0.1) is 11.8 Å². The van der Waals surface area contributed by atoms with Crippen LogP contribution >= 0.6 is 0 Å². The second-order valence-corrected chi connectivity index (χ2v) is 8.51. The van der Waals surface area contributed by atoms with Crippen molar-refractivity contribution in [3.05, 3.63) is 35.6 Å². The third-order valence-electron chi connectivity index (χ3n) is 7.44. The molecular formula is C22H26N2O5. The normalized spacial score (nSPS) is 35.1. The van der Waals surface area contributed by atoms with E-state index in [0.29, 0.717) is 5.57 Å². The summed E-state index contributed by atoms with van der Waals surface area (Å²) in [6.07, 6.45) is 3.11. The zero-order valence-corrected chi connectivity index (χ0v) is 16.9. The number of fused-ring (bicyclic) bond motifs is 5. The maximum atomic E-state index is 13.3. The Balaban J connectivity index is 1.54. The first kappa shape index (κ1) is 18.5. The van der Waals surface area contributed by atoms with Crippen LogP contribution in [0.25, 0.3) is 0 Å². The number of anilines is 1. The van der Waals surface area contributed by atoms with Crippen molar-refractivity contribution >= 4 is 17.6 Å². The van der Waals surface area contributed by atoms with Gasteiger partial charge in [0, 0.05) is 36.2 Å². The summed E-state index contributed by atoms with van der Waals surface area (Å²) >= 11 is 0. The molecule has 29 heavy (non-hydrogen) atoms. The van der Waals surface area contributed by atoms with E-state index in [0.717, 1.165) is 42.9 Å². The molecule has 1 amide bonds. The van der Waals surface area contributed by atoms with Crippen molar-refractivity contribution in [2.24, 2.45) is 11.8 Å². The fourth-order valence-electron chi connectivity index (χ4n) is 5.93. The molecule has 154 valence electrons. The van der Waals surface area contributed by atoms with Crippen LogP contribution in [0.4, 0.5) is 5.69 Å². The predicted molar refractivity (Wildman–Crippen MR) is 106 cm³/mol. The molecular weight excluding hydrogens is 372 g/mol. The minimum Gasteiger partial charge on any atom is -0.497 e. The van der Waals surface area contributed by atoms with Gasteiger partial charge in [0.2, 0.25) is 5.91 Å². The molecule has 1 unspecified atom stereocenters. The number of piperidine rings is 1. The van der Waals surface area contributed by atoms with Gasteiger partial charge in [-0.3, -0.25) is 9.69 Å². The standard InChI is InChI=1S/C22H26N2O5/c1-12-15-10-24-7-6-22(17-5-4-13(27-2)8-18(17)23-21(22)26)19(24)9-14(15)16(11-29-12)20(25)28-3/h4-5,8,11-12,14-15,19H,6-7,9-10H2,1-3H3,(H,23,26)/t12?,14-,15-,19-,22-/m0/s1. The number of amides is 1. The second-order valence-electron chi connectivity index (χ2n) is 8.51. The lowest BCUT2D eigenvalue weighted by atomic mass is 9.66. The molecule has 0 aliphatic carbocycles. The lowest BCUT2D eigenvalue weighted by Crippen LogP contribution is -2.56. The van der Waals surface area contributed by atoms with Crippen LogP contribution < -0.4 is 10.1 Å². The topological polar surface area (TPSA) is 77.1 Å². The Morgan fingerprint density at radius 2 is 2.17 bits per heavy atom. The van der Waals surface area contributed by atoms with Gasteiger partial charge in [-0.1, -0.05) is 6.07 Å². The average Bonchev–Trinajstić information content (AvgIpc) is 3.25. The predicted octanol–water partition coefficient (Wildman–Crippen LogP) is 2.07. The molecule has 2 fully saturated rings. The van der Waals surface area contributed by atoms with E-state index in [9.17, 15) is 9.59 Å². The fourth-order valence-corrected chi connectivity index (χ4v) is 5.93. The first-order chi connectivity index (χ1) is 14.0. The largest absolute Gasteiger partial charge is 0.497 e. The molecule has 2 saturated heterocycles. The summed E-state index contributed by atoms with van der Waals surface area (Å²) in [4.78, 5) is 28.1. The summed E-state index contributed by atoms with van der Waals surface area (Å²) < 4.78 is 16.1. The van der Waals surface area contributed by atoms with Crippen LogP contribution in [0.15, 0.2) is 30.0 Å². The number of methoxy groups -OCH3 is 2. The Bertz CT molecular complexity index is 912. The molecule has 7 nitrogen and oxygen atoms in total. The summed E-state index contributed by atoms with van der Waals surface area (Å²) in [5.74, 6) is 0.676. The molecule has 1 aromatic rings. The van der Waals surface area contributed by atoms with Gasteiger partial charge in [-0.05, 0) is 37.9 Å². The first-order valence-corrected chi connectivity index (χ1v) is 10.2. The van der Waals surface area contributed by atoms with Crippen molar-refractivity contribution in [1.29, 1.82) is 0 Å². The zero-order chi connectivity index (χ0) is 20.3. The number of rotatable bonds is 2. The monoisotopic (exact) mass is 398 g/mol. The van der Waals surface area contributed by atoms with Gasteiger partial charge < -0.3 is 19.5 Å². The van der Waals surface area contributed by atoms with Gasteiger partial charge in [-0.2, -0.15) is 0 Å². The van der Waals surface area contributed by atoms with Gasteiger partial charge >= 0.3 is 5.97 Å². The number of hydrogen-bond donors (Lipinski definition) is 1. The van der Waals surface area contributed by atoms with Crippen LogP contribution in [0.1, 0.15) is 25.3 Å². The highest BCUT2D eigenvalue weighted by Gasteiger charge is 2.61. The Hall–Kier alpha value is -2.54. The molecule has 5 rings (SSSR count). The van der Waals surface area contributed by atoms with Crippen LogP contribution in [-0.2, 0) is 24.5 Å². The summed E-state index contributed by atoms with van der Waals surface area (Å²) in [6.45, 7) is 3.72. The lowest BCUT2D eigenvalue weighted by molar-refractivity contribution is -0.139. The number of carbonyl (C=O) groups excluding carboxylic acids is 2. The Morgan fingerprint density at radius 1 is 1.34 bits per heavy atom. The molecule has 0 radical (unpaired) electrons. The van der Waals surface area contributed by atoms with E-state index in [-0.39, 0.29) is 35.9 Å². The number of benzene rings is 1. The minimum atomic E-state index is -0.588. The van der Waals surface area contributed by atoms with Crippen molar-refractivity contribution in [3.8, 4) is 5.75 Å². The summed E-state index contributed by atoms with van der Waals surface area (Å²) in [5.41, 5.74) is 1.88. The van der Waals surface area contributed by atoms with Gasteiger partial charge in [-0.15, -0.1) is 0 Å². The van der Waals surface area contributed by atoms with E-state index in [1.165, 1.54) is 7.11 Å². The van der Waals surface area contributed by atoms with Crippen molar-refractivity contribution in [3.63, 3.8) is 0 Å². The van der Waals surface area contributed by atoms with Crippen LogP contribution in [-0.4, -0.2) is 56.2 Å². The third-order valence-corrected chi connectivity index (χ3v) is 7.44. The smallest absolute Gasteiger partial charge is 0.337 e. The van der Waals surface area contributed by atoms with Crippen LogP contribution in [0.5, 0.6) is 5.75 Å². The summed E-state index contributed by atoms with van der Waals surface area (Å²) in [6, 6.07) is 5.88. The quantitative estimate of drug-likeness (QED) is 0.769. The van der Waals surface area contributed by atoms with E-state index in [4.69, 9.17) is 14.2 Å². The molecule has 0 aromatic heterocycles. The molecule has 7 heteroatoms. The minimum absolute atomic E-state index is 0.0255. The van der Waals surface area contributed by atoms with E-state index < -0.39 is 5.41 Å². The van der Waals surface area contributed by atoms with Gasteiger partial charge in [0.05, 0.1) is 37.6 Å². The van der Waals surface area contributed by atoms with Crippen molar-refractivity contribution < 1.29 is 23.8 Å². The fraction of sp³-hybridized carbons (Fsp3) is 0.545. The number of ether oxygens (including phenoxy) is 3. The second kappa shape index (κ2) is 6.49. The maximum absolute atomic E-state index is 13.3. The molecule has 0 bridgehead atoms. The summed E-state index contributed by atoms with van der Waals surface area (Å²) in [7, 11) is 3.02. The van der Waals surface area contributed by atoms with E-state index >= 15 is 0 Å².